The zero-order valence-corrected chi connectivity index (χ0v) is 16.0. The predicted molar refractivity (Wildman–Crippen MR) is 103 cm³/mol. The smallest absolute Gasteiger partial charge is 0.220 e. The molecule has 2 aromatic carbocycles. The molecule has 7 heteroatoms. The number of para-hydroxylation sites is 1. The maximum Gasteiger partial charge on any atom is 0.220 e. The number of halogens is 1. The van der Waals surface area contributed by atoms with Crippen molar-refractivity contribution in [3.05, 3.63) is 70.8 Å². The lowest BCUT2D eigenvalue weighted by atomic mass is 10.1. The van der Waals surface area contributed by atoms with E-state index in [4.69, 9.17) is 0 Å². The maximum absolute atomic E-state index is 11.9. The van der Waals surface area contributed by atoms with Crippen LogP contribution >= 0.6 is 15.9 Å². The van der Waals surface area contributed by atoms with Crippen LogP contribution in [0.25, 0.3) is 16.9 Å². The van der Waals surface area contributed by atoms with E-state index < -0.39 is 5.97 Å². The van der Waals surface area contributed by atoms with Crippen LogP contribution < -0.4 is 10.4 Å². The molecule has 27 heavy (non-hydrogen) atoms. The van der Waals surface area contributed by atoms with Gasteiger partial charge in [0.25, 0.3) is 0 Å². The molecular weight excluding hydrogens is 410 g/mol. The standard InChI is InChI=1S/C20H18BrN3O3/c21-16-8-6-14(7-9-16)20-15(12-22-18(25)10-11-19(26)27)13-24(23-20)17-4-2-1-3-5-17/h1-9,13H,10-12H2,(H,22,25)(H,26,27)/p-1. The Morgan fingerprint density at radius 3 is 2.41 bits per heavy atom. The van der Waals surface area contributed by atoms with Crippen LogP contribution in [-0.2, 0) is 16.1 Å². The molecule has 3 rings (SSSR count). The molecule has 0 bridgehead atoms. The molecule has 0 saturated carbocycles. The van der Waals surface area contributed by atoms with Crippen molar-refractivity contribution < 1.29 is 14.7 Å². The molecule has 138 valence electrons. The highest BCUT2D eigenvalue weighted by molar-refractivity contribution is 9.10. The van der Waals surface area contributed by atoms with Gasteiger partial charge in [-0.2, -0.15) is 5.10 Å². The molecule has 1 heterocycles. The summed E-state index contributed by atoms with van der Waals surface area (Å²) in [4.78, 5) is 22.4. The number of hydrogen-bond donors (Lipinski definition) is 1. The van der Waals surface area contributed by atoms with E-state index in [1.807, 2.05) is 60.8 Å². The second-order valence-electron chi connectivity index (χ2n) is 5.94. The van der Waals surface area contributed by atoms with Gasteiger partial charge in [-0.3, -0.25) is 4.79 Å². The fourth-order valence-corrected chi connectivity index (χ4v) is 2.86. The van der Waals surface area contributed by atoms with Crippen molar-refractivity contribution in [1.82, 2.24) is 15.1 Å². The quantitative estimate of drug-likeness (QED) is 0.628. The number of aromatic nitrogens is 2. The second kappa shape index (κ2) is 8.64. The van der Waals surface area contributed by atoms with Crippen LogP contribution in [0.2, 0.25) is 0 Å². The van der Waals surface area contributed by atoms with Crippen LogP contribution in [0, 0.1) is 0 Å². The van der Waals surface area contributed by atoms with Crippen LogP contribution in [0.5, 0.6) is 0 Å². The summed E-state index contributed by atoms with van der Waals surface area (Å²) in [7, 11) is 0. The molecule has 0 radical (unpaired) electrons. The molecule has 1 amide bonds. The Balaban J connectivity index is 1.86. The summed E-state index contributed by atoms with van der Waals surface area (Å²) in [5, 5.41) is 17.9. The van der Waals surface area contributed by atoms with Crippen LogP contribution in [-0.4, -0.2) is 21.7 Å². The van der Waals surface area contributed by atoms with Gasteiger partial charge in [0.15, 0.2) is 0 Å². The molecule has 0 spiro atoms. The van der Waals surface area contributed by atoms with E-state index in [1.165, 1.54) is 0 Å². The van der Waals surface area contributed by atoms with Gasteiger partial charge in [0, 0.05) is 40.7 Å². The van der Waals surface area contributed by atoms with Gasteiger partial charge in [-0.15, -0.1) is 0 Å². The number of hydrogen-bond acceptors (Lipinski definition) is 4. The summed E-state index contributed by atoms with van der Waals surface area (Å²) in [5.74, 6) is -1.58. The normalized spacial score (nSPS) is 10.6. The van der Waals surface area contributed by atoms with Gasteiger partial charge >= 0.3 is 0 Å². The van der Waals surface area contributed by atoms with Crippen LogP contribution in [0.1, 0.15) is 18.4 Å². The number of carbonyl (C=O) groups is 2. The number of carboxylic acids is 1. The summed E-state index contributed by atoms with van der Waals surface area (Å²) in [6.45, 7) is 0.254. The number of amides is 1. The number of benzene rings is 2. The third-order valence-electron chi connectivity index (χ3n) is 3.96. The van der Waals surface area contributed by atoms with Gasteiger partial charge in [0.2, 0.25) is 5.91 Å². The minimum atomic E-state index is -1.24. The molecule has 0 aliphatic rings. The predicted octanol–water partition coefficient (Wildman–Crippen LogP) is 2.45. The van der Waals surface area contributed by atoms with Crippen molar-refractivity contribution in [3.63, 3.8) is 0 Å². The number of rotatable bonds is 7. The maximum atomic E-state index is 11.9. The average Bonchev–Trinajstić information content (AvgIpc) is 3.10. The van der Waals surface area contributed by atoms with E-state index in [0.29, 0.717) is 0 Å². The van der Waals surface area contributed by atoms with E-state index in [-0.39, 0.29) is 25.3 Å². The third-order valence-corrected chi connectivity index (χ3v) is 4.49. The van der Waals surface area contributed by atoms with E-state index in [0.717, 1.165) is 27.0 Å². The zero-order valence-electron chi connectivity index (χ0n) is 14.4. The molecule has 1 aromatic heterocycles. The van der Waals surface area contributed by atoms with E-state index in [1.54, 1.807) is 4.68 Å². The molecule has 0 atom stereocenters. The number of nitrogens with one attached hydrogen (secondary N) is 1. The van der Waals surface area contributed by atoms with Gasteiger partial charge in [-0.25, -0.2) is 4.68 Å². The summed E-state index contributed by atoms with van der Waals surface area (Å²) >= 11 is 3.42. The van der Waals surface area contributed by atoms with E-state index in [9.17, 15) is 14.7 Å². The summed E-state index contributed by atoms with van der Waals surface area (Å²) in [6.07, 6.45) is 1.46. The van der Waals surface area contributed by atoms with Crippen molar-refractivity contribution in [1.29, 1.82) is 0 Å². The first kappa shape index (κ1) is 18.8. The topological polar surface area (TPSA) is 87.0 Å². The van der Waals surface area contributed by atoms with Gasteiger partial charge < -0.3 is 15.2 Å². The summed E-state index contributed by atoms with van der Waals surface area (Å²) < 4.78 is 2.73. The highest BCUT2D eigenvalue weighted by Crippen LogP contribution is 2.25. The molecule has 0 aliphatic carbocycles. The number of aliphatic carboxylic acids is 1. The largest absolute Gasteiger partial charge is 0.550 e. The zero-order chi connectivity index (χ0) is 19.2. The van der Waals surface area contributed by atoms with E-state index in [2.05, 4.69) is 26.3 Å². The molecule has 0 aliphatic heterocycles. The van der Waals surface area contributed by atoms with Crippen molar-refractivity contribution in [2.75, 3.05) is 0 Å². The fourth-order valence-electron chi connectivity index (χ4n) is 2.60. The molecule has 0 unspecified atom stereocenters. The first-order chi connectivity index (χ1) is 13.0. The Morgan fingerprint density at radius 2 is 1.74 bits per heavy atom. The van der Waals surface area contributed by atoms with Gasteiger partial charge in [-0.1, -0.05) is 46.3 Å². The molecule has 6 nitrogen and oxygen atoms in total. The van der Waals surface area contributed by atoms with Crippen LogP contribution in [0.3, 0.4) is 0 Å². The Bertz CT molecular complexity index is 937. The lowest BCUT2D eigenvalue weighted by Gasteiger charge is -2.06. The Kier molecular flexibility index (Phi) is 6.03. The Hall–Kier alpha value is -2.93. The number of carboxylic acid groups (broad SMARTS) is 1. The fraction of sp³-hybridized carbons (Fsp3) is 0.150. The SMILES string of the molecule is O=C([O-])CCC(=O)NCc1cn(-c2ccccc2)nc1-c1ccc(Br)cc1. The summed E-state index contributed by atoms with van der Waals surface area (Å²) in [5.41, 5.74) is 3.42. The summed E-state index contributed by atoms with van der Waals surface area (Å²) in [6, 6.07) is 17.4. The highest BCUT2D eigenvalue weighted by Gasteiger charge is 2.13. The third kappa shape index (κ3) is 5.04. The van der Waals surface area contributed by atoms with Crippen LogP contribution in [0.15, 0.2) is 65.3 Å². The van der Waals surface area contributed by atoms with Gasteiger partial charge in [0.05, 0.1) is 11.4 Å². The minimum Gasteiger partial charge on any atom is -0.550 e. The lowest BCUT2D eigenvalue weighted by Crippen LogP contribution is -2.27. The minimum absolute atomic E-state index is 0.108. The Morgan fingerprint density at radius 1 is 1.04 bits per heavy atom. The lowest BCUT2D eigenvalue weighted by molar-refractivity contribution is -0.305. The highest BCUT2D eigenvalue weighted by atomic mass is 79.9. The van der Waals surface area contributed by atoms with Gasteiger partial charge in [0.1, 0.15) is 0 Å². The molecule has 3 aromatic rings. The van der Waals surface area contributed by atoms with Crippen molar-refractivity contribution in [2.24, 2.45) is 0 Å². The molecule has 0 fully saturated rings. The molecular formula is C20H17BrN3O3-. The first-order valence-electron chi connectivity index (χ1n) is 8.39. The van der Waals surface area contributed by atoms with Crippen LogP contribution in [0.4, 0.5) is 0 Å². The molecule has 0 saturated heterocycles. The molecule has 1 N–H and O–H groups in total. The van der Waals surface area contributed by atoms with Crippen molar-refractivity contribution in [3.8, 4) is 16.9 Å². The first-order valence-corrected chi connectivity index (χ1v) is 9.18. The second-order valence-corrected chi connectivity index (χ2v) is 6.85. The van der Waals surface area contributed by atoms with Crippen molar-refractivity contribution >= 4 is 27.8 Å². The number of carbonyl (C=O) groups excluding carboxylic acids is 2. The van der Waals surface area contributed by atoms with Crippen molar-refractivity contribution in [2.45, 2.75) is 19.4 Å². The average molecular weight is 427 g/mol. The monoisotopic (exact) mass is 426 g/mol. The van der Waals surface area contributed by atoms with Gasteiger partial charge in [-0.05, 0) is 30.7 Å². The van der Waals surface area contributed by atoms with E-state index >= 15 is 0 Å². The Labute approximate surface area is 165 Å². The number of nitrogens with zero attached hydrogens (tertiary/aromatic N) is 2.